The number of aryl methyl sites for hydroxylation is 1. The minimum Gasteiger partial charge on any atom is -0.450 e. The zero-order chi connectivity index (χ0) is 20.1. The van der Waals surface area contributed by atoms with Crippen LogP contribution >= 0.6 is 0 Å². The largest absolute Gasteiger partial charge is 0.450 e. The van der Waals surface area contributed by atoms with E-state index in [0.29, 0.717) is 26.2 Å². The molecule has 0 aromatic carbocycles. The molecule has 2 aliphatic rings. The Labute approximate surface area is 164 Å². The maximum Gasteiger partial charge on any atom is 0.409 e. The van der Waals surface area contributed by atoms with Crippen LogP contribution in [0.4, 0.5) is 10.6 Å². The van der Waals surface area contributed by atoms with E-state index >= 15 is 0 Å². The number of rotatable bonds is 4. The Morgan fingerprint density at radius 1 is 1.21 bits per heavy atom. The van der Waals surface area contributed by atoms with Gasteiger partial charge in [0.2, 0.25) is 5.91 Å². The molecule has 1 aromatic rings. The lowest BCUT2D eigenvalue weighted by Crippen LogP contribution is -2.50. The van der Waals surface area contributed by atoms with Gasteiger partial charge < -0.3 is 19.9 Å². The molecule has 3 heterocycles. The number of anilines is 1. The van der Waals surface area contributed by atoms with Crippen molar-refractivity contribution >= 4 is 17.8 Å². The summed E-state index contributed by atoms with van der Waals surface area (Å²) in [7, 11) is 1.63. The summed E-state index contributed by atoms with van der Waals surface area (Å²) in [6.07, 6.45) is 2.95. The number of nitrogens with one attached hydrogen (secondary N) is 1. The van der Waals surface area contributed by atoms with Crippen LogP contribution in [-0.2, 0) is 16.6 Å². The molecule has 3 rings (SSSR count). The molecule has 0 unspecified atom stereocenters. The fraction of sp³-hybridized carbons (Fsp3) is 0.684. The van der Waals surface area contributed by atoms with Crippen LogP contribution in [0.3, 0.4) is 0 Å². The molecule has 0 spiro atoms. The summed E-state index contributed by atoms with van der Waals surface area (Å²) in [4.78, 5) is 39.8. The lowest BCUT2D eigenvalue weighted by atomic mass is 9.96. The second kappa shape index (κ2) is 9.07. The van der Waals surface area contributed by atoms with Gasteiger partial charge in [0.15, 0.2) is 0 Å². The highest BCUT2D eigenvalue weighted by molar-refractivity contribution is 5.80. The summed E-state index contributed by atoms with van der Waals surface area (Å²) in [5.41, 5.74) is -0.149. The summed E-state index contributed by atoms with van der Waals surface area (Å²) in [6.45, 7) is 4.79. The summed E-state index contributed by atoms with van der Waals surface area (Å²) >= 11 is 0. The van der Waals surface area contributed by atoms with Crippen molar-refractivity contribution in [1.29, 1.82) is 0 Å². The molecule has 28 heavy (non-hydrogen) atoms. The first-order chi connectivity index (χ1) is 13.5. The van der Waals surface area contributed by atoms with E-state index in [1.165, 1.54) is 10.7 Å². The number of amides is 2. The topological polar surface area (TPSA) is 96.8 Å². The van der Waals surface area contributed by atoms with E-state index in [2.05, 4.69) is 15.3 Å². The SMILES string of the molecule is CCOC(=O)N1CCC(NC(=O)[C@H]2CCCN(c3ccc(=O)n(C)n3)C2)CC1. The molecule has 154 valence electrons. The summed E-state index contributed by atoms with van der Waals surface area (Å²) in [5.74, 6) is 0.683. The average Bonchev–Trinajstić information content (AvgIpc) is 2.71. The normalized spacial score (nSPS) is 20.7. The molecule has 2 amide bonds. The fourth-order valence-corrected chi connectivity index (χ4v) is 3.80. The molecule has 0 bridgehead atoms. The van der Waals surface area contributed by atoms with Gasteiger partial charge in [0.1, 0.15) is 5.82 Å². The molecule has 2 saturated heterocycles. The molecule has 9 nitrogen and oxygen atoms in total. The molecule has 0 saturated carbocycles. The Hall–Kier alpha value is -2.58. The highest BCUT2D eigenvalue weighted by atomic mass is 16.6. The highest BCUT2D eigenvalue weighted by Crippen LogP contribution is 2.22. The zero-order valence-electron chi connectivity index (χ0n) is 16.6. The van der Waals surface area contributed by atoms with E-state index in [9.17, 15) is 14.4 Å². The molecule has 2 aliphatic heterocycles. The molecule has 2 fully saturated rings. The third-order valence-electron chi connectivity index (χ3n) is 5.43. The molecule has 9 heteroatoms. The Morgan fingerprint density at radius 3 is 2.64 bits per heavy atom. The second-order valence-corrected chi connectivity index (χ2v) is 7.41. The smallest absolute Gasteiger partial charge is 0.409 e. The quantitative estimate of drug-likeness (QED) is 0.813. The third kappa shape index (κ3) is 4.82. The van der Waals surface area contributed by atoms with E-state index in [4.69, 9.17) is 4.74 Å². The van der Waals surface area contributed by atoms with Crippen LogP contribution in [0.2, 0.25) is 0 Å². The molecular formula is C19H29N5O4. The molecule has 1 atom stereocenters. The lowest BCUT2D eigenvalue weighted by Gasteiger charge is -2.35. The van der Waals surface area contributed by atoms with Gasteiger partial charge in [-0.1, -0.05) is 0 Å². The van der Waals surface area contributed by atoms with E-state index in [1.807, 2.05) is 0 Å². The van der Waals surface area contributed by atoms with Gasteiger partial charge in [0, 0.05) is 45.3 Å². The fourth-order valence-electron chi connectivity index (χ4n) is 3.80. The van der Waals surface area contributed by atoms with Gasteiger partial charge in [-0.15, -0.1) is 0 Å². The van der Waals surface area contributed by atoms with Crippen molar-refractivity contribution in [3.05, 3.63) is 22.5 Å². The average molecular weight is 391 g/mol. The van der Waals surface area contributed by atoms with Crippen molar-refractivity contribution in [2.45, 2.75) is 38.6 Å². The summed E-state index contributed by atoms with van der Waals surface area (Å²) in [5, 5.41) is 7.45. The van der Waals surface area contributed by atoms with E-state index in [0.717, 1.165) is 38.0 Å². The maximum absolute atomic E-state index is 12.8. The molecular weight excluding hydrogens is 362 g/mol. The zero-order valence-corrected chi connectivity index (χ0v) is 16.6. The van der Waals surface area contributed by atoms with Crippen LogP contribution in [-0.4, -0.2) is 65.5 Å². The van der Waals surface area contributed by atoms with Crippen LogP contribution in [0.15, 0.2) is 16.9 Å². The van der Waals surface area contributed by atoms with Crippen molar-refractivity contribution in [2.24, 2.45) is 13.0 Å². The van der Waals surface area contributed by atoms with Crippen molar-refractivity contribution in [2.75, 3.05) is 37.7 Å². The number of hydrogen-bond acceptors (Lipinski definition) is 6. The van der Waals surface area contributed by atoms with E-state index in [-0.39, 0.29) is 29.5 Å². The number of piperidine rings is 2. The highest BCUT2D eigenvalue weighted by Gasteiger charge is 2.30. The van der Waals surface area contributed by atoms with Crippen molar-refractivity contribution in [1.82, 2.24) is 20.0 Å². The predicted octanol–water partition coefficient (Wildman–Crippen LogP) is 0.734. The first-order valence-corrected chi connectivity index (χ1v) is 9.99. The van der Waals surface area contributed by atoms with Crippen LogP contribution in [0.25, 0.3) is 0 Å². The summed E-state index contributed by atoms with van der Waals surface area (Å²) < 4.78 is 6.35. The van der Waals surface area contributed by atoms with Crippen LogP contribution < -0.4 is 15.8 Å². The van der Waals surface area contributed by atoms with Gasteiger partial charge in [-0.2, -0.15) is 5.10 Å². The van der Waals surface area contributed by atoms with Crippen molar-refractivity contribution < 1.29 is 14.3 Å². The number of hydrogen-bond donors (Lipinski definition) is 1. The van der Waals surface area contributed by atoms with Crippen LogP contribution in [0.1, 0.15) is 32.6 Å². The first-order valence-electron chi connectivity index (χ1n) is 9.99. The molecule has 0 aliphatic carbocycles. The molecule has 1 aromatic heterocycles. The minimum atomic E-state index is -0.278. The standard InChI is InChI=1S/C19H29N5O4/c1-3-28-19(27)23-11-8-15(9-12-23)20-18(26)14-5-4-10-24(13-14)16-6-7-17(25)22(2)21-16/h6-7,14-15H,3-5,8-13H2,1-2H3,(H,20,26)/t14-/m0/s1. The molecule has 1 N–H and O–H groups in total. The van der Waals surface area contributed by atoms with Gasteiger partial charge in [-0.05, 0) is 38.7 Å². The number of likely N-dealkylation sites (tertiary alicyclic amines) is 1. The minimum absolute atomic E-state index is 0.0594. The van der Waals surface area contributed by atoms with Crippen molar-refractivity contribution in [3.8, 4) is 0 Å². The summed E-state index contributed by atoms with van der Waals surface area (Å²) in [6, 6.07) is 3.31. The van der Waals surface area contributed by atoms with Gasteiger partial charge >= 0.3 is 6.09 Å². The van der Waals surface area contributed by atoms with Gasteiger partial charge in [-0.3, -0.25) is 9.59 Å². The Balaban J connectivity index is 1.51. The Morgan fingerprint density at radius 2 is 1.96 bits per heavy atom. The predicted molar refractivity (Wildman–Crippen MR) is 104 cm³/mol. The van der Waals surface area contributed by atoms with Gasteiger partial charge in [0.05, 0.1) is 12.5 Å². The third-order valence-corrected chi connectivity index (χ3v) is 5.43. The van der Waals surface area contributed by atoms with Gasteiger partial charge in [0.25, 0.3) is 5.56 Å². The second-order valence-electron chi connectivity index (χ2n) is 7.41. The number of ether oxygens (including phenoxy) is 1. The van der Waals surface area contributed by atoms with Crippen LogP contribution in [0, 0.1) is 5.92 Å². The number of carbonyl (C=O) groups excluding carboxylic acids is 2. The lowest BCUT2D eigenvalue weighted by molar-refractivity contribution is -0.126. The molecule has 0 radical (unpaired) electrons. The first kappa shape index (κ1) is 20.2. The number of aromatic nitrogens is 2. The number of carbonyl (C=O) groups is 2. The number of nitrogens with zero attached hydrogens (tertiary/aromatic N) is 4. The van der Waals surface area contributed by atoms with E-state index < -0.39 is 0 Å². The van der Waals surface area contributed by atoms with E-state index in [1.54, 1.807) is 24.9 Å². The van der Waals surface area contributed by atoms with Gasteiger partial charge in [-0.25, -0.2) is 9.48 Å². The monoisotopic (exact) mass is 391 g/mol. The van der Waals surface area contributed by atoms with Crippen LogP contribution in [0.5, 0.6) is 0 Å². The Bertz CT molecular complexity index is 757. The van der Waals surface area contributed by atoms with Crippen molar-refractivity contribution in [3.63, 3.8) is 0 Å². The Kier molecular flexibility index (Phi) is 6.53. The maximum atomic E-state index is 12.8.